The highest BCUT2D eigenvalue weighted by atomic mass is 16.3. The van der Waals surface area contributed by atoms with Gasteiger partial charge in [-0.15, -0.1) is 0 Å². The van der Waals surface area contributed by atoms with Crippen LogP contribution < -0.4 is 5.73 Å². The van der Waals surface area contributed by atoms with Gasteiger partial charge in [0.15, 0.2) is 0 Å². The molecule has 1 atom stereocenters. The van der Waals surface area contributed by atoms with Gasteiger partial charge >= 0.3 is 0 Å². The maximum atomic E-state index is 10.8. The van der Waals surface area contributed by atoms with Crippen molar-refractivity contribution in [1.29, 1.82) is 0 Å². The van der Waals surface area contributed by atoms with Crippen LogP contribution in [0.15, 0.2) is 30.3 Å². The number of nitrogens with two attached hydrogens (primary N) is 1. The summed E-state index contributed by atoms with van der Waals surface area (Å²) in [5.74, 6) is 0. The van der Waals surface area contributed by atoms with Crippen LogP contribution in [0.2, 0.25) is 0 Å². The summed E-state index contributed by atoms with van der Waals surface area (Å²) in [5.41, 5.74) is 6.26. The number of benzene rings is 1. The zero-order valence-corrected chi connectivity index (χ0v) is 12.1. The lowest BCUT2D eigenvalue weighted by Crippen LogP contribution is -2.49. The predicted octanol–water partition coefficient (Wildman–Crippen LogP) is 1.95. The first-order valence-corrected chi connectivity index (χ1v) is 7.16. The Morgan fingerprint density at radius 3 is 2.32 bits per heavy atom. The summed E-state index contributed by atoms with van der Waals surface area (Å²) >= 11 is 0. The minimum atomic E-state index is -0.928. The van der Waals surface area contributed by atoms with Crippen molar-refractivity contribution in [3.8, 4) is 0 Å². The summed E-state index contributed by atoms with van der Waals surface area (Å²) in [6.45, 7) is 7.61. The molecule has 1 saturated heterocycles. The number of hydrogen-bond acceptors (Lipinski definition) is 3. The van der Waals surface area contributed by atoms with Crippen molar-refractivity contribution in [2.24, 2.45) is 11.1 Å². The fourth-order valence-electron chi connectivity index (χ4n) is 2.71. The van der Waals surface area contributed by atoms with E-state index in [1.54, 1.807) is 0 Å². The maximum Gasteiger partial charge on any atom is 0.114 e. The number of nitrogens with zero attached hydrogens (tertiary/aromatic N) is 1. The normalized spacial score (nSPS) is 22.9. The molecule has 0 spiro atoms. The molecule has 2 rings (SSSR count). The molecule has 0 amide bonds. The molecule has 1 fully saturated rings. The van der Waals surface area contributed by atoms with Gasteiger partial charge in [0, 0.05) is 13.1 Å². The zero-order chi connectivity index (χ0) is 13.9. The molecular weight excluding hydrogens is 236 g/mol. The van der Waals surface area contributed by atoms with E-state index in [1.165, 1.54) is 12.8 Å². The minimum Gasteiger partial charge on any atom is -0.382 e. The Balaban J connectivity index is 2.04. The van der Waals surface area contributed by atoms with E-state index in [9.17, 15) is 5.11 Å². The van der Waals surface area contributed by atoms with Crippen LogP contribution in [0.1, 0.15) is 32.3 Å². The van der Waals surface area contributed by atoms with E-state index in [2.05, 4.69) is 18.7 Å². The third kappa shape index (κ3) is 3.56. The Hall–Kier alpha value is -0.900. The number of piperidine rings is 1. The van der Waals surface area contributed by atoms with Gasteiger partial charge in [-0.05, 0) is 36.9 Å². The van der Waals surface area contributed by atoms with Crippen LogP contribution in [0.4, 0.5) is 0 Å². The molecule has 1 heterocycles. The summed E-state index contributed by atoms with van der Waals surface area (Å²) in [5, 5.41) is 10.8. The molecule has 19 heavy (non-hydrogen) atoms. The Morgan fingerprint density at radius 1 is 1.21 bits per heavy atom. The molecular formula is C16H26N2O. The van der Waals surface area contributed by atoms with Gasteiger partial charge in [0.25, 0.3) is 0 Å². The molecule has 0 saturated carbocycles. The van der Waals surface area contributed by atoms with E-state index in [0.717, 1.165) is 18.7 Å². The van der Waals surface area contributed by atoms with Gasteiger partial charge in [-0.1, -0.05) is 44.2 Å². The smallest absolute Gasteiger partial charge is 0.114 e. The number of rotatable bonds is 4. The van der Waals surface area contributed by atoms with Crippen LogP contribution in [-0.4, -0.2) is 36.2 Å². The molecule has 1 aliphatic rings. The molecule has 0 bridgehead atoms. The van der Waals surface area contributed by atoms with E-state index in [0.29, 0.717) is 12.0 Å². The quantitative estimate of drug-likeness (QED) is 0.872. The molecule has 1 unspecified atom stereocenters. The molecule has 1 aromatic rings. The Morgan fingerprint density at radius 2 is 1.79 bits per heavy atom. The highest BCUT2D eigenvalue weighted by Gasteiger charge is 2.33. The lowest BCUT2D eigenvalue weighted by molar-refractivity contribution is -0.00887. The lowest BCUT2D eigenvalue weighted by atomic mass is 9.82. The first-order valence-electron chi connectivity index (χ1n) is 7.16. The van der Waals surface area contributed by atoms with Crippen molar-refractivity contribution < 1.29 is 5.11 Å². The average molecular weight is 262 g/mol. The van der Waals surface area contributed by atoms with Gasteiger partial charge in [0.2, 0.25) is 0 Å². The van der Waals surface area contributed by atoms with Crippen LogP contribution in [0.3, 0.4) is 0 Å². The lowest BCUT2D eigenvalue weighted by Gasteiger charge is -2.40. The van der Waals surface area contributed by atoms with Crippen molar-refractivity contribution in [3.63, 3.8) is 0 Å². The van der Waals surface area contributed by atoms with Gasteiger partial charge in [0.05, 0.1) is 0 Å². The third-order valence-electron chi connectivity index (χ3n) is 4.34. The summed E-state index contributed by atoms with van der Waals surface area (Å²) in [6, 6.07) is 9.79. The van der Waals surface area contributed by atoms with Crippen LogP contribution in [0.25, 0.3) is 0 Å². The van der Waals surface area contributed by atoms with Crippen LogP contribution in [0, 0.1) is 5.41 Å². The van der Waals surface area contributed by atoms with E-state index in [1.807, 2.05) is 30.3 Å². The van der Waals surface area contributed by atoms with Crippen molar-refractivity contribution in [1.82, 2.24) is 4.90 Å². The molecule has 3 heteroatoms. The van der Waals surface area contributed by atoms with E-state index in [-0.39, 0.29) is 6.54 Å². The highest BCUT2D eigenvalue weighted by Crippen LogP contribution is 2.31. The van der Waals surface area contributed by atoms with Gasteiger partial charge < -0.3 is 15.7 Å². The Kier molecular flexibility index (Phi) is 4.29. The zero-order valence-electron chi connectivity index (χ0n) is 12.1. The molecule has 0 aliphatic carbocycles. The molecule has 106 valence electrons. The molecule has 0 aromatic heterocycles. The number of hydrogen-bond donors (Lipinski definition) is 2. The molecule has 0 radical (unpaired) electrons. The topological polar surface area (TPSA) is 49.5 Å². The molecule has 1 aromatic carbocycles. The summed E-state index contributed by atoms with van der Waals surface area (Å²) in [7, 11) is 0. The Bertz CT molecular complexity index is 394. The van der Waals surface area contributed by atoms with E-state index < -0.39 is 5.60 Å². The first kappa shape index (κ1) is 14.5. The van der Waals surface area contributed by atoms with Crippen molar-refractivity contribution in [2.45, 2.75) is 32.3 Å². The highest BCUT2D eigenvalue weighted by molar-refractivity contribution is 5.23. The largest absolute Gasteiger partial charge is 0.382 e. The average Bonchev–Trinajstić information content (AvgIpc) is 2.42. The van der Waals surface area contributed by atoms with Gasteiger partial charge in [0.1, 0.15) is 5.60 Å². The van der Waals surface area contributed by atoms with E-state index in [4.69, 9.17) is 5.73 Å². The summed E-state index contributed by atoms with van der Waals surface area (Å²) < 4.78 is 0. The van der Waals surface area contributed by atoms with Crippen LogP contribution in [0.5, 0.6) is 0 Å². The second kappa shape index (κ2) is 5.61. The fraction of sp³-hybridized carbons (Fsp3) is 0.625. The van der Waals surface area contributed by atoms with Gasteiger partial charge in [-0.25, -0.2) is 0 Å². The second-order valence-electron chi connectivity index (χ2n) is 6.54. The molecule has 3 N–H and O–H groups in total. The SMILES string of the molecule is CC1(C)CCN(CC(O)(CN)c2ccccc2)CC1. The molecule has 1 aliphatic heterocycles. The van der Waals surface area contributed by atoms with Crippen molar-refractivity contribution >= 4 is 0 Å². The minimum absolute atomic E-state index is 0.261. The molecule has 3 nitrogen and oxygen atoms in total. The second-order valence-corrected chi connectivity index (χ2v) is 6.54. The van der Waals surface area contributed by atoms with Gasteiger partial charge in [-0.3, -0.25) is 0 Å². The standard InChI is InChI=1S/C16H26N2O/c1-15(2)8-10-18(11-9-15)13-16(19,12-17)14-6-4-3-5-7-14/h3-7,19H,8-13,17H2,1-2H3. The van der Waals surface area contributed by atoms with Crippen LogP contribution >= 0.6 is 0 Å². The number of likely N-dealkylation sites (tertiary alicyclic amines) is 1. The van der Waals surface area contributed by atoms with Crippen LogP contribution in [-0.2, 0) is 5.60 Å². The van der Waals surface area contributed by atoms with Crippen molar-refractivity contribution in [2.75, 3.05) is 26.2 Å². The maximum absolute atomic E-state index is 10.8. The Labute approximate surface area is 116 Å². The van der Waals surface area contributed by atoms with Crippen molar-refractivity contribution in [3.05, 3.63) is 35.9 Å². The van der Waals surface area contributed by atoms with E-state index >= 15 is 0 Å². The fourth-order valence-corrected chi connectivity index (χ4v) is 2.71. The first-order chi connectivity index (χ1) is 8.95. The van der Waals surface area contributed by atoms with Gasteiger partial charge in [-0.2, -0.15) is 0 Å². The summed E-state index contributed by atoms with van der Waals surface area (Å²) in [4.78, 5) is 2.34. The summed E-state index contributed by atoms with van der Waals surface area (Å²) in [6.07, 6.45) is 2.37. The number of β-amino-alcohol motifs (C(OH)–C–C–N with tert-alkyl or cyclic N) is 1. The third-order valence-corrected chi connectivity index (χ3v) is 4.34. The monoisotopic (exact) mass is 262 g/mol. The predicted molar refractivity (Wildman–Crippen MR) is 78.8 cm³/mol. The number of aliphatic hydroxyl groups is 1.